The Morgan fingerprint density at radius 2 is 1.26 bits per heavy atom. The zero-order chi connectivity index (χ0) is 33.2. The fourth-order valence-corrected chi connectivity index (χ4v) is 5.97. The van der Waals surface area contributed by atoms with Crippen molar-refractivity contribution in [3.8, 4) is 0 Å². The highest BCUT2D eigenvalue weighted by molar-refractivity contribution is 5.95. The molecule has 46 heavy (non-hydrogen) atoms. The summed E-state index contributed by atoms with van der Waals surface area (Å²) >= 11 is 0. The summed E-state index contributed by atoms with van der Waals surface area (Å²) in [7, 11) is 1.68. The highest BCUT2D eigenvalue weighted by Crippen LogP contribution is 2.37. The van der Waals surface area contributed by atoms with Crippen molar-refractivity contribution in [1.82, 2.24) is 26.2 Å². The van der Waals surface area contributed by atoms with Crippen LogP contribution in [0, 0.1) is 5.92 Å². The van der Waals surface area contributed by atoms with Crippen LogP contribution in [0.1, 0.15) is 75.7 Å². The minimum atomic E-state index is -0.853. The van der Waals surface area contributed by atoms with Gasteiger partial charge in [-0.25, -0.2) is 0 Å². The Balaban J connectivity index is 1.59. The predicted molar refractivity (Wildman–Crippen MR) is 179 cm³/mol. The number of benzene rings is 3. The number of amides is 4. The molecule has 1 heterocycles. The summed E-state index contributed by atoms with van der Waals surface area (Å²) in [5.41, 5.74) is 2.77. The predicted octanol–water partition coefficient (Wildman–Crippen LogP) is 4.27. The molecule has 4 rings (SSSR count). The van der Waals surface area contributed by atoms with Gasteiger partial charge in [0.1, 0.15) is 18.1 Å². The van der Waals surface area contributed by atoms with E-state index in [1.807, 2.05) is 105 Å². The summed E-state index contributed by atoms with van der Waals surface area (Å²) in [6, 6.07) is 25.4. The molecule has 0 saturated carbocycles. The van der Waals surface area contributed by atoms with Crippen molar-refractivity contribution in [3.05, 3.63) is 108 Å². The summed E-state index contributed by atoms with van der Waals surface area (Å²) in [5.74, 6) is -1.50. The van der Waals surface area contributed by atoms with Crippen LogP contribution in [-0.2, 0) is 19.2 Å². The summed E-state index contributed by atoms with van der Waals surface area (Å²) in [6.45, 7) is 7.28. The molecule has 9 nitrogen and oxygen atoms in total. The Morgan fingerprint density at radius 1 is 0.717 bits per heavy atom. The van der Waals surface area contributed by atoms with Gasteiger partial charge >= 0.3 is 0 Å². The number of likely N-dealkylation sites (tertiary alicyclic amines) is 1. The quantitative estimate of drug-likeness (QED) is 0.226. The maximum Gasteiger partial charge on any atom is 0.246 e. The number of rotatable bonds is 13. The first-order chi connectivity index (χ1) is 22.2. The normalized spacial score (nSPS) is 18.7. The number of nitrogens with zero attached hydrogens (tertiary/aromatic N) is 1. The standard InChI is InChI=1S/C37H47N5O4/c1-6-24(2)32(36(45)41-33(28-18-12-8-13-19-28)29-20-14-9-15-21-29)40-35(44)31-23-22-30(27-16-10-7-11-17-27)42(31)37(46)26(4)39-34(43)25(3)38-5/h7-21,24-26,30-33,38H,6,22-23H2,1-5H3,(H,39,43)(H,40,44)(H,41,45)/t24-,25-,26-,30+,31-,32-/m0/s1. The van der Waals surface area contributed by atoms with Crippen LogP contribution < -0.4 is 21.3 Å². The van der Waals surface area contributed by atoms with Crippen LogP contribution in [0.25, 0.3) is 0 Å². The van der Waals surface area contributed by atoms with E-state index in [9.17, 15) is 19.2 Å². The lowest BCUT2D eigenvalue weighted by Crippen LogP contribution is -2.58. The first kappa shape index (κ1) is 34.4. The molecule has 0 radical (unpaired) electrons. The van der Waals surface area contributed by atoms with Crippen LogP contribution in [0.5, 0.6) is 0 Å². The zero-order valence-electron chi connectivity index (χ0n) is 27.4. The Bertz CT molecular complexity index is 1410. The van der Waals surface area contributed by atoms with Gasteiger partial charge in [0, 0.05) is 0 Å². The van der Waals surface area contributed by atoms with Gasteiger partial charge in [-0.2, -0.15) is 0 Å². The van der Waals surface area contributed by atoms with Crippen LogP contribution in [-0.4, -0.2) is 59.7 Å². The lowest BCUT2D eigenvalue weighted by Gasteiger charge is -2.34. The van der Waals surface area contributed by atoms with E-state index in [2.05, 4.69) is 21.3 Å². The second-order valence-corrected chi connectivity index (χ2v) is 12.1. The van der Waals surface area contributed by atoms with Gasteiger partial charge in [-0.15, -0.1) is 0 Å². The molecular formula is C37H47N5O4. The fraction of sp³-hybridized carbons (Fsp3) is 0.405. The summed E-state index contributed by atoms with van der Waals surface area (Å²) < 4.78 is 0. The van der Waals surface area contributed by atoms with Crippen molar-refractivity contribution in [1.29, 1.82) is 0 Å². The molecule has 0 aliphatic carbocycles. The number of hydrogen-bond acceptors (Lipinski definition) is 5. The minimum Gasteiger partial charge on any atom is -0.343 e. The maximum absolute atomic E-state index is 14.1. The minimum absolute atomic E-state index is 0.173. The monoisotopic (exact) mass is 625 g/mol. The molecule has 244 valence electrons. The Morgan fingerprint density at radius 3 is 1.78 bits per heavy atom. The van der Waals surface area contributed by atoms with Gasteiger partial charge in [0.25, 0.3) is 0 Å². The number of likely N-dealkylation sites (N-methyl/N-ethyl adjacent to an activating group) is 1. The summed E-state index contributed by atoms with van der Waals surface area (Å²) in [4.78, 5) is 56.3. The van der Waals surface area contributed by atoms with Crippen molar-refractivity contribution < 1.29 is 19.2 Å². The van der Waals surface area contributed by atoms with Gasteiger partial charge in [-0.1, -0.05) is 111 Å². The highest BCUT2D eigenvalue weighted by atomic mass is 16.2. The summed E-state index contributed by atoms with van der Waals surface area (Å²) in [6.07, 6.45) is 1.66. The summed E-state index contributed by atoms with van der Waals surface area (Å²) in [5, 5.41) is 11.9. The van der Waals surface area contributed by atoms with Crippen molar-refractivity contribution in [3.63, 3.8) is 0 Å². The second kappa shape index (κ2) is 16.2. The highest BCUT2D eigenvalue weighted by Gasteiger charge is 2.44. The lowest BCUT2D eigenvalue weighted by molar-refractivity contribution is -0.144. The third-order valence-electron chi connectivity index (χ3n) is 9.03. The molecule has 9 heteroatoms. The Labute approximate surface area is 272 Å². The maximum atomic E-state index is 14.1. The molecule has 6 atom stereocenters. The number of carbonyl (C=O) groups is 4. The smallest absolute Gasteiger partial charge is 0.246 e. The van der Waals surface area contributed by atoms with Gasteiger partial charge in [0.2, 0.25) is 23.6 Å². The molecule has 3 aromatic rings. The molecule has 1 saturated heterocycles. The van der Waals surface area contributed by atoms with Gasteiger partial charge in [-0.05, 0) is 56.3 Å². The molecule has 0 aromatic heterocycles. The van der Waals surface area contributed by atoms with E-state index in [1.165, 1.54) is 0 Å². The van der Waals surface area contributed by atoms with E-state index in [0.29, 0.717) is 19.3 Å². The van der Waals surface area contributed by atoms with Crippen molar-refractivity contribution in [2.75, 3.05) is 7.05 Å². The average molecular weight is 626 g/mol. The molecular weight excluding hydrogens is 578 g/mol. The number of hydrogen-bond donors (Lipinski definition) is 4. The SMILES string of the molecule is CC[C@H](C)[C@H](NC(=O)[C@@H]1CC[C@H](c2ccccc2)N1C(=O)[C@H](C)NC(=O)[C@H](C)NC)C(=O)NC(c1ccccc1)c1ccccc1. The Hall–Kier alpha value is -4.50. The van der Waals surface area contributed by atoms with Crippen molar-refractivity contribution >= 4 is 23.6 Å². The zero-order valence-corrected chi connectivity index (χ0v) is 27.4. The first-order valence-corrected chi connectivity index (χ1v) is 16.2. The number of nitrogens with one attached hydrogen (secondary N) is 4. The lowest BCUT2D eigenvalue weighted by atomic mass is 9.95. The van der Waals surface area contributed by atoms with Gasteiger partial charge in [0.05, 0.1) is 18.1 Å². The van der Waals surface area contributed by atoms with E-state index in [1.54, 1.807) is 25.8 Å². The Kier molecular flexibility index (Phi) is 12.1. The van der Waals surface area contributed by atoms with Gasteiger partial charge in [-0.3, -0.25) is 19.2 Å². The van der Waals surface area contributed by atoms with Gasteiger partial charge in [0.15, 0.2) is 0 Å². The van der Waals surface area contributed by atoms with Crippen LogP contribution >= 0.6 is 0 Å². The molecule has 1 fully saturated rings. The molecule has 0 spiro atoms. The van der Waals surface area contributed by atoms with Gasteiger partial charge < -0.3 is 26.2 Å². The van der Waals surface area contributed by atoms with E-state index in [4.69, 9.17) is 0 Å². The molecule has 0 unspecified atom stereocenters. The molecule has 3 aromatic carbocycles. The molecule has 0 bridgehead atoms. The van der Waals surface area contributed by atoms with E-state index < -0.39 is 30.2 Å². The molecule has 1 aliphatic heterocycles. The van der Waals surface area contributed by atoms with E-state index in [-0.39, 0.29) is 35.6 Å². The first-order valence-electron chi connectivity index (χ1n) is 16.2. The topological polar surface area (TPSA) is 120 Å². The fourth-order valence-electron chi connectivity index (χ4n) is 5.97. The second-order valence-electron chi connectivity index (χ2n) is 12.1. The molecule has 1 aliphatic rings. The van der Waals surface area contributed by atoms with Crippen LogP contribution in [0.4, 0.5) is 0 Å². The van der Waals surface area contributed by atoms with E-state index in [0.717, 1.165) is 16.7 Å². The molecule has 4 N–H and O–H groups in total. The third kappa shape index (κ3) is 8.20. The largest absolute Gasteiger partial charge is 0.343 e. The van der Waals surface area contributed by atoms with Crippen molar-refractivity contribution in [2.24, 2.45) is 5.92 Å². The van der Waals surface area contributed by atoms with Crippen LogP contribution in [0.15, 0.2) is 91.0 Å². The van der Waals surface area contributed by atoms with E-state index >= 15 is 0 Å². The number of carbonyl (C=O) groups excluding carboxylic acids is 4. The van der Waals surface area contributed by atoms with Crippen LogP contribution in [0.3, 0.4) is 0 Å². The molecule has 4 amide bonds. The van der Waals surface area contributed by atoms with Crippen molar-refractivity contribution in [2.45, 2.75) is 83.2 Å². The van der Waals surface area contributed by atoms with Crippen LogP contribution in [0.2, 0.25) is 0 Å². The average Bonchev–Trinajstić information content (AvgIpc) is 3.54. The third-order valence-corrected chi connectivity index (χ3v) is 9.03.